The third kappa shape index (κ3) is 5.14. The van der Waals surface area contributed by atoms with Crippen LogP contribution in [0.2, 0.25) is 0 Å². The van der Waals surface area contributed by atoms with E-state index in [1.54, 1.807) is 6.92 Å². The van der Waals surface area contributed by atoms with Gasteiger partial charge in [-0.25, -0.2) is 0 Å². The van der Waals surface area contributed by atoms with Crippen molar-refractivity contribution in [3.05, 3.63) is 11.3 Å². The van der Waals surface area contributed by atoms with Gasteiger partial charge in [-0.1, -0.05) is 6.92 Å². The van der Waals surface area contributed by atoms with Crippen molar-refractivity contribution in [1.82, 2.24) is 15.5 Å². The van der Waals surface area contributed by atoms with Gasteiger partial charge in [-0.15, -0.1) is 0 Å². The van der Waals surface area contributed by atoms with Crippen LogP contribution in [0.4, 0.5) is 0 Å². The number of amides is 1. The number of carbonyl (C=O) groups excluding carboxylic acids is 3. The van der Waals surface area contributed by atoms with Crippen LogP contribution < -0.4 is 10.6 Å². The van der Waals surface area contributed by atoms with Gasteiger partial charge in [0.1, 0.15) is 12.1 Å². The average Bonchev–Trinajstić information content (AvgIpc) is 2.61. The first-order chi connectivity index (χ1) is 12.0. The molecule has 2 heterocycles. The molecule has 0 bridgehead atoms. The first-order valence-electron chi connectivity index (χ1n) is 9.41. The zero-order valence-corrected chi connectivity index (χ0v) is 15.6. The number of Topliss-reactive ketones (excluding diaryl/α,β-unsaturated/α-hetero) is 1. The summed E-state index contributed by atoms with van der Waals surface area (Å²) in [6, 6.07) is 0.497. The maximum Gasteiger partial charge on any atom is 0.219 e. The van der Waals surface area contributed by atoms with E-state index < -0.39 is 0 Å². The van der Waals surface area contributed by atoms with Crippen LogP contribution in [0.25, 0.3) is 0 Å². The van der Waals surface area contributed by atoms with Gasteiger partial charge in [0.15, 0.2) is 0 Å². The molecule has 0 aromatic rings. The Morgan fingerprint density at radius 3 is 2.56 bits per heavy atom. The molecular weight excluding hydrogens is 318 g/mol. The summed E-state index contributed by atoms with van der Waals surface area (Å²) in [6.45, 7) is 7.93. The van der Waals surface area contributed by atoms with Crippen molar-refractivity contribution in [2.75, 3.05) is 19.6 Å². The standard InChI is InChI=1S/C19H31N3O3/c1-4-19(25)17-11-15(12-23)18(21-13(17)2)5-8-20-16-6-9-22(10-7-16)14(3)24/h12-13,16-17,20-21H,4-11H2,1-3H3/t13-,17-/m0/s1. The summed E-state index contributed by atoms with van der Waals surface area (Å²) in [7, 11) is 0. The average molecular weight is 349 g/mol. The van der Waals surface area contributed by atoms with Crippen molar-refractivity contribution in [3.63, 3.8) is 0 Å². The molecule has 25 heavy (non-hydrogen) atoms. The Morgan fingerprint density at radius 1 is 1.32 bits per heavy atom. The molecule has 6 nitrogen and oxygen atoms in total. The first-order valence-corrected chi connectivity index (χ1v) is 9.41. The van der Waals surface area contributed by atoms with E-state index >= 15 is 0 Å². The second-order valence-corrected chi connectivity index (χ2v) is 7.17. The van der Waals surface area contributed by atoms with Crippen LogP contribution in [0.1, 0.15) is 52.9 Å². The van der Waals surface area contributed by atoms with E-state index in [-0.39, 0.29) is 23.7 Å². The number of likely N-dealkylation sites (tertiary alicyclic amines) is 1. The Bertz CT molecular complexity index is 536. The normalized spacial score (nSPS) is 24.8. The van der Waals surface area contributed by atoms with E-state index in [2.05, 4.69) is 10.6 Å². The minimum Gasteiger partial charge on any atom is -0.385 e. The molecule has 0 unspecified atom stereocenters. The molecule has 6 heteroatoms. The van der Waals surface area contributed by atoms with Crippen LogP contribution in [-0.4, -0.2) is 54.6 Å². The van der Waals surface area contributed by atoms with Crippen molar-refractivity contribution in [2.45, 2.75) is 65.0 Å². The number of hydrogen-bond donors (Lipinski definition) is 2. The number of allylic oxidation sites excluding steroid dienone is 1. The molecule has 0 aromatic carbocycles. The summed E-state index contributed by atoms with van der Waals surface area (Å²) >= 11 is 0. The lowest BCUT2D eigenvalue weighted by atomic mass is 9.84. The zero-order chi connectivity index (χ0) is 18.4. The van der Waals surface area contributed by atoms with Crippen LogP contribution in [0.5, 0.6) is 0 Å². The summed E-state index contributed by atoms with van der Waals surface area (Å²) in [4.78, 5) is 36.7. The molecule has 2 rings (SSSR count). The molecule has 2 N–H and O–H groups in total. The molecule has 0 radical (unpaired) electrons. The molecule has 1 fully saturated rings. The van der Waals surface area contributed by atoms with E-state index in [9.17, 15) is 14.4 Å². The molecule has 0 spiro atoms. The lowest BCUT2D eigenvalue weighted by Crippen LogP contribution is -2.45. The highest BCUT2D eigenvalue weighted by molar-refractivity contribution is 5.84. The zero-order valence-electron chi connectivity index (χ0n) is 15.6. The predicted octanol–water partition coefficient (Wildman–Crippen LogP) is 1.41. The van der Waals surface area contributed by atoms with Gasteiger partial charge < -0.3 is 15.5 Å². The maximum atomic E-state index is 12.0. The fourth-order valence-electron chi connectivity index (χ4n) is 3.81. The Hall–Kier alpha value is -1.69. The van der Waals surface area contributed by atoms with E-state index in [0.717, 1.165) is 56.5 Å². The number of ketones is 1. The van der Waals surface area contributed by atoms with Crippen LogP contribution in [0.15, 0.2) is 11.3 Å². The number of rotatable bonds is 7. The third-order valence-electron chi connectivity index (χ3n) is 5.49. The Balaban J connectivity index is 1.83. The number of aldehydes is 1. The fraction of sp³-hybridized carbons (Fsp3) is 0.737. The van der Waals surface area contributed by atoms with Gasteiger partial charge in [0, 0.05) is 68.7 Å². The van der Waals surface area contributed by atoms with Crippen LogP contribution in [0.3, 0.4) is 0 Å². The van der Waals surface area contributed by atoms with Crippen molar-refractivity contribution >= 4 is 18.0 Å². The van der Waals surface area contributed by atoms with Gasteiger partial charge in [0.2, 0.25) is 5.91 Å². The number of piperidine rings is 1. The van der Waals surface area contributed by atoms with E-state index in [0.29, 0.717) is 18.9 Å². The minimum absolute atomic E-state index is 0.0740. The van der Waals surface area contributed by atoms with Gasteiger partial charge in [0.05, 0.1) is 0 Å². The minimum atomic E-state index is -0.0992. The molecule has 0 saturated carbocycles. The molecule has 2 atom stereocenters. The van der Waals surface area contributed by atoms with Gasteiger partial charge in [-0.2, -0.15) is 0 Å². The monoisotopic (exact) mass is 349 g/mol. The summed E-state index contributed by atoms with van der Waals surface area (Å²) in [6.07, 6.45) is 4.66. The molecule has 140 valence electrons. The Labute approximate surface area is 150 Å². The van der Waals surface area contributed by atoms with Gasteiger partial charge in [-0.3, -0.25) is 14.4 Å². The third-order valence-corrected chi connectivity index (χ3v) is 5.49. The highest BCUT2D eigenvalue weighted by Gasteiger charge is 2.30. The second kappa shape index (κ2) is 9.13. The fourth-order valence-corrected chi connectivity index (χ4v) is 3.81. The van der Waals surface area contributed by atoms with Crippen molar-refractivity contribution < 1.29 is 14.4 Å². The Morgan fingerprint density at radius 2 is 2.00 bits per heavy atom. The highest BCUT2D eigenvalue weighted by Crippen LogP contribution is 2.26. The molecule has 1 saturated heterocycles. The predicted molar refractivity (Wildman–Crippen MR) is 97.0 cm³/mol. The van der Waals surface area contributed by atoms with Gasteiger partial charge in [0.25, 0.3) is 0 Å². The second-order valence-electron chi connectivity index (χ2n) is 7.17. The number of nitrogens with zero attached hydrogens (tertiary/aromatic N) is 1. The highest BCUT2D eigenvalue weighted by atomic mass is 16.2. The topological polar surface area (TPSA) is 78.5 Å². The largest absolute Gasteiger partial charge is 0.385 e. The molecule has 1 amide bonds. The van der Waals surface area contributed by atoms with Crippen molar-refractivity contribution in [1.29, 1.82) is 0 Å². The molecular formula is C19H31N3O3. The summed E-state index contributed by atoms with van der Waals surface area (Å²) in [5.41, 5.74) is 1.70. The van der Waals surface area contributed by atoms with Crippen molar-refractivity contribution in [3.8, 4) is 0 Å². The SMILES string of the molecule is CCC(=O)[C@H]1CC(C=O)=C(CCNC2CCN(C(C)=O)CC2)N[C@H]1C. The van der Waals surface area contributed by atoms with Crippen LogP contribution in [-0.2, 0) is 14.4 Å². The van der Waals surface area contributed by atoms with Crippen LogP contribution >= 0.6 is 0 Å². The summed E-state index contributed by atoms with van der Waals surface area (Å²) in [5, 5.41) is 6.92. The first kappa shape index (κ1) is 19.6. The van der Waals surface area contributed by atoms with Gasteiger partial charge >= 0.3 is 0 Å². The lowest BCUT2D eigenvalue weighted by molar-refractivity contribution is -0.130. The maximum absolute atomic E-state index is 12.0. The molecule has 0 aromatic heterocycles. The van der Waals surface area contributed by atoms with E-state index in [1.165, 1.54) is 0 Å². The summed E-state index contributed by atoms with van der Waals surface area (Å²) < 4.78 is 0. The molecule has 2 aliphatic rings. The Kier molecular flexibility index (Phi) is 7.17. The summed E-state index contributed by atoms with van der Waals surface area (Å²) in [5.74, 6) is 0.266. The molecule has 2 aliphatic heterocycles. The number of carbonyl (C=O) groups is 3. The molecule has 0 aliphatic carbocycles. The van der Waals surface area contributed by atoms with E-state index in [1.807, 2.05) is 18.7 Å². The quantitative estimate of drug-likeness (QED) is 0.680. The smallest absolute Gasteiger partial charge is 0.219 e. The lowest BCUT2D eigenvalue weighted by Gasteiger charge is -2.33. The van der Waals surface area contributed by atoms with E-state index in [4.69, 9.17) is 0 Å². The van der Waals surface area contributed by atoms with Gasteiger partial charge in [-0.05, 0) is 26.2 Å². The van der Waals surface area contributed by atoms with Crippen LogP contribution in [0, 0.1) is 5.92 Å². The number of hydrogen-bond acceptors (Lipinski definition) is 5. The number of nitrogens with one attached hydrogen (secondary N) is 2. The van der Waals surface area contributed by atoms with Crippen molar-refractivity contribution in [2.24, 2.45) is 5.92 Å².